The second-order valence-corrected chi connectivity index (χ2v) is 8.42. The molecule has 0 spiro atoms. The molecule has 1 heterocycles. The summed E-state index contributed by atoms with van der Waals surface area (Å²) in [4.78, 5) is 0. The predicted molar refractivity (Wildman–Crippen MR) is 73.6 cm³/mol. The molecule has 0 radical (unpaired) electrons. The van der Waals surface area contributed by atoms with Crippen LogP contribution in [0.2, 0.25) is 0 Å². The summed E-state index contributed by atoms with van der Waals surface area (Å²) >= 11 is 8.49. The van der Waals surface area contributed by atoms with Crippen molar-refractivity contribution in [2.24, 2.45) is 0 Å². The molecule has 2 unspecified atom stereocenters. The van der Waals surface area contributed by atoms with Gasteiger partial charge in [-0.1, -0.05) is 13.8 Å². The van der Waals surface area contributed by atoms with Crippen LogP contribution in [0.1, 0.15) is 13.8 Å². The molecule has 1 fully saturated rings. The van der Waals surface area contributed by atoms with E-state index >= 15 is 0 Å². The fourth-order valence-corrected chi connectivity index (χ4v) is 5.80. The van der Waals surface area contributed by atoms with E-state index in [1.54, 1.807) is 0 Å². The van der Waals surface area contributed by atoms with Crippen LogP contribution in [-0.2, 0) is 0 Å². The first kappa shape index (κ1) is 12.5. The average molecular weight is 255 g/mol. The van der Waals surface area contributed by atoms with Crippen LogP contribution >= 0.6 is 47.0 Å². The highest BCUT2D eigenvalue weighted by Gasteiger charge is 2.37. The van der Waals surface area contributed by atoms with Crippen molar-refractivity contribution in [3.05, 3.63) is 0 Å². The molecule has 4 heteroatoms. The Bertz CT molecular complexity index is 129. The summed E-state index contributed by atoms with van der Waals surface area (Å²) in [5, 5.41) is 0.974. The van der Waals surface area contributed by atoms with Crippen LogP contribution in [0.25, 0.3) is 0 Å². The van der Waals surface area contributed by atoms with Gasteiger partial charge in [0, 0.05) is 22.5 Å². The standard InChI is InChI=1S/C9H18S4/c1-3-10-5-6-12-9-8(13-9)7-11-4-2/h8-9H,3-7H2,1-2H3. The molecule has 0 aromatic heterocycles. The first-order valence-corrected chi connectivity index (χ1v) is 9.11. The zero-order valence-corrected chi connectivity index (χ0v) is 11.6. The van der Waals surface area contributed by atoms with Gasteiger partial charge in [0.05, 0.1) is 4.58 Å². The number of hydrogen-bond acceptors (Lipinski definition) is 4. The quantitative estimate of drug-likeness (QED) is 0.478. The lowest BCUT2D eigenvalue weighted by atomic mass is 10.6. The first-order valence-electron chi connectivity index (χ1n) is 4.81. The van der Waals surface area contributed by atoms with E-state index < -0.39 is 0 Å². The van der Waals surface area contributed by atoms with Crippen molar-refractivity contribution < 1.29 is 0 Å². The Labute approximate surface area is 99.1 Å². The maximum absolute atomic E-state index is 2.25. The molecular weight excluding hydrogens is 236 g/mol. The van der Waals surface area contributed by atoms with Gasteiger partial charge < -0.3 is 0 Å². The Morgan fingerprint density at radius 1 is 1.08 bits per heavy atom. The highest BCUT2D eigenvalue weighted by atomic mass is 32.2. The van der Waals surface area contributed by atoms with E-state index in [4.69, 9.17) is 0 Å². The van der Waals surface area contributed by atoms with Gasteiger partial charge in [0.1, 0.15) is 0 Å². The maximum Gasteiger partial charge on any atom is 0.0633 e. The highest BCUT2D eigenvalue weighted by molar-refractivity contribution is 8.24. The Balaban J connectivity index is 1.83. The lowest BCUT2D eigenvalue weighted by Crippen LogP contribution is -1.96. The number of hydrogen-bond donors (Lipinski definition) is 0. The zero-order valence-electron chi connectivity index (χ0n) is 8.32. The lowest BCUT2D eigenvalue weighted by molar-refractivity contribution is 1.22. The van der Waals surface area contributed by atoms with E-state index in [0.717, 1.165) is 9.83 Å². The minimum atomic E-state index is 0.941. The van der Waals surface area contributed by atoms with E-state index in [1.807, 2.05) is 0 Å². The minimum absolute atomic E-state index is 0.941. The van der Waals surface area contributed by atoms with E-state index in [1.165, 1.54) is 28.8 Å². The predicted octanol–water partition coefficient (Wildman–Crippen LogP) is 3.67. The van der Waals surface area contributed by atoms with Gasteiger partial charge in [0.15, 0.2) is 0 Å². The van der Waals surface area contributed by atoms with Crippen LogP contribution < -0.4 is 0 Å². The van der Waals surface area contributed by atoms with Crippen molar-refractivity contribution >= 4 is 47.0 Å². The van der Waals surface area contributed by atoms with Crippen LogP contribution in [0.15, 0.2) is 0 Å². The third kappa shape index (κ3) is 5.75. The summed E-state index contributed by atoms with van der Waals surface area (Å²) in [5.74, 6) is 6.61. The molecule has 0 saturated carbocycles. The summed E-state index contributed by atoms with van der Waals surface area (Å²) < 4.78 is 0.941. The smallest absolute Gasteiger partial charge is 0.0633 e. The van der Waals surface area contributed by atoms with Crippen LogP contribution in [-0.4, -0.2) is 38.6 Å². The van der Waals surface area contributed by atoms with Crippen molar-refractivity contribution in [3.8, 4) is 0 Å². The molecule has 0 bridgehead atoms. The van der Waals surface area contributed by atoms with Crippen LogP contribution in [0, 0.1) is 0 Å². The van der Waals surface area contributed by atoms with E-state index in [-0.39, 0.29) is 0 Å². The molecule has 1 aliphatic rings. The van der Waals surface area contributed by atoms with E-state index in [2.05, 4.69) is 60.9 Å². The third-order valence-corrected chi connectivity index (χ3v) is 7.19. The van der Waals surface area contributed by atoms with E-state index in [9.17, 15) is 0 Å². The van der Waals surface area contributed by atoms with Crippen molar-refractivity contribution in [3.63, 3.8) is 0 Å². The number of thioether (sulfide) groups is 4. The molecule has 0 aromatic rings. The molecule has 78 valence electrons. The second-order valence-electron chi connectivity index (χ2n) is 2.77. The molecular formula is C9H18S4. The van der Waals surface area contributed by atoms with Crippen LogP contribution in [0.4, 0.5) is 0 Å². The van der Waals surface area contributed by atoms with Gasteiger partial charge in [-0.15, -0.1) is 23.5 Å². The van der Waals surface area contributed by atoms with Gasteiger partial charge in [0.25, 0.3) is 0 Å². The van der Waals surface area contributed by atoms with Crippen LogP contribution in [0.3, 0.4) is 0 Å². The fourth-order valence-electron chi connectivity index (χ4n) is 0.993. The Morgan fingerprint density at radius 2 is 1.85 bits per heavy atom. The second kappa shape index (κ2) is 7.66. The van der Waals surface area contributed by atoms with Gasteiger partial charge in [0.2, 0.25) is 0 Å². The molecule has 1 rings (SSSR count). The van der Waals surface area contributed by atoms with Crippen LogP contribution in [0.5, 0.6) is 0 Å². The summed E-state index contributed by atoms with van der Waals surface area (Å²) in [6.45, 7) is 4.49. The van der Waals surface area contributed by atoms with Gasteiger partial charge in [-0.05, 0) is 11.5 Å². The molecule has 0 aliphatic carbocycles. The highest BCUT2D eigenvalue weighted by Crippen LogP contribution is 2.50. The van der Waals surface area contributed by atoms with Crippen molar-refractivity contribution in [2.75, 3.05) is 28.8 Å². The summed E-state index contributed by atoms with van der Waals surface area (Å²) in [6, 6.07) is 0. The lowest BCUT2D eigenvalue weighted by Gasteiger charge is -1.98. The normalized spacial score (nSPS) is 26.3. The summed E-state index contributed by atoms with van der Waals surface area (Å²) in [5.41, 5.74) is 0. The third-order valence-electron chi connectivity index (χ3n) is 1.74. The van der Waals surface area contributed by atoms with Gasteiger partial charge in [-0.2, -0.15) is 23.5 Å². The van der Waals surface area contributed by atoms with Crippen molar-refractivity contribution in [1.82, 2.24) is 0 Å². The summed E-state index contributed by atoms with van der Waals surface area (Å²) in [6.07, 6.45) is 0. The van der Waals surface area contributed by atoms with Gasteiger partial charge >= 0.3 is 0 Å². The molecule has 1 aliphatic heterocycles. The minimum Gasteiger partial charge on any atom is -0.161 e. The number of rotatable bonds is 8. The SMILES string of the molecule is CCSCCSC1SC1CSCC. The first-order chi connectivity index (χ1) is 6.38. The average Bonchev–Trinajstić information content (AvgIpc) is 2.88. The Morgan fingerprint density at radius 3 is 2.54 bits per heavy atom. The zero-order chi connectivity index (χ0) is 9.52. The topological polar surface area (TPSA) is 0 Å². The fraction of sp³-hybridized carbons (Fsp3) is 1.00. The Hall–Kier alpha value is 1.40. The van der Waals surface area contributed by atoms with Crippen molar-refractivity contribution in [2.45, 2.75) is 23.7 Å². The largest absolute Gasteiger partial charge is 0.161 e. The molecule has 13 heavy (non-hydrogen) atoms. The molecule has 2 atom stereocenters. The molecule has 0 N–H and O–H groups in total. The molecule has 0 nitrogen and oxygen atoms in total. The monoisotopic (exact) mass is 254 g/mol. The van der Waals surface area contributed by atoms with Gasteiger partial charge in [-0.25, -0.2) is 0 Å². The van der Waals surface area contributed by atoms with Crippen molar-refractivity contribution in [1.29, 1.82) is 0 Å². The summed E-state index contributed by atoms with van der Waals surface area (Å²) in [7, 11) is 0. The molecule has 0 aromatic carbocycles. The van der Waals surface area contributed by atoms with Gasteiger partial charge in [-0.3, -0.25) is 0 Å². The molecule has 1 saturated heterocycles. The maximum atomic E-state index is 2.25. The Kier molecular flexibility index (Phi) is 7.35. The van der Waals surface area contributed by atoms with E-state index in [0.29, 0.717) is 0 Å². The molecule has 0 amide bonds.